The number of rotatable bonds is 7. The third kappa shape index (κ3) is 5.06. The number of fused-ring (bicyclic) bond motifs is 1. The van der Waals surface area contributed by atoms with Crippen LogP contribution in [0.3, 0.4) is 0 Å². The van der Waals surface area contributed by atoms with E-state index >= 15 is 0 Å². The molecule has 2 amide bonds. The molecule has 0 saturated heterocycles. The molecule has 2 aromatic carbocycles. The number of carbonyl (C=O) groups excluding carboxylic acids is 3. The maximum Gasteiger partial charge on any atom is 0.329 e. The predicted octanol–water partition coefficient (Wildman–Crippen LogP) is 3.14. The third-order valence-electron chi connectivity index (χ3n) is 5.37. The Morgan fingerprint density at radius 2 is 1.78 bits per heavy atom. The second-order valence-electron chi connectivity index (χ2n) is 7.58. The molecule has 2 heterocycles. The molecule has 1 N–H and O–H groups in total. The summed E-state index contributed by atoms with van der Waals surface area (Å²) in [6, 6.07) is 19.2. The van der Waals surface area contributed by atoms with E-state index in [4.69, 9.17) is 9.15 Å². The number of ether oxygens (including phenoxy) is 1. The smallest absolute Gasteiger partial charge is 0.329 e. The van der Waals surface area contributed by atoms with Gasteiger partial charge in [0.25, 0.3) is 11.8 Å². The van der Waals surface area contributed by atoms with E-state index in [9.17, 15) is 14.4 Å². The van der Waals surface area contributed by atoms with Gasteiger partial charge in [0, 0.05) is 18.7 Å². The van der Waals surface area contributed by atoms with Crippen LogP contribution in [0, 0.1) is 0 Å². The monoisotopic (exact) mass is 432 g/mol. The van der Waals surface area contributed by atoms with Crippen molar-refractivity contribution in [3.63, 3.8) is 0 Å². The number of para-hydroxylation sites is 1. The number of anilines is 1. The molecule has 7 heteroatoms. The fraction of sp³-hybridized carbons (Fsp3) is 0.240. The number of hydrogen-bond acceptors (Lipinski definition) is 5. The summed E-state index contributed by atoms with van der Waals surface area (Å²) in [7, 11) is 0. The molecular weight excluding hydrogens is 408 g/mol. The van der Waals surface area contributed by atoms with Crippen LogP contribution < -0.4 is 10.2 Å². The predicted molar refractivity (Wildman–Crippen MR) is 118 cm³/mol. The van der Waals surface area contributed by atoms with E-state index < -0.39 is 24.5 Å². The average molecular weight is 432 g/mol. The van der Waals surface area contributed by atoms with Gasteiger partial charge in [-0.2, -0.15) is 0 Å². The molecule has 0 aliphatic carbocycles. The zero-order chi connectivity index (χ0) is 22.3. The largest absolute Gasteiger partial charge is 0.459 e. The van der Waals surface area contributed by atoms with Crippen molar-refractivity contribution in [3.05, 3.63) is 89.9 Å². The minimum atomic E-state index is -0.962. The number of aryl methyl sites for hydroxylation is 1. The van der Waals surface area contributed by atoms with Gasteiger partial charge >= 0.3 is 5.97 Å². The highest BCUT2D eigenvalue weighted by atomic mass is 16.5. The summed E-state index contributed by atoms with van der Waals surface area (Å²) in [4.78, 5) is 39.7. The molecule has 4 rings (SSSR count). The van der Waals surface area contributed by atoms with Gasteiger partial charge in [-0.1, -0.05) is 48.5 Å². The Morgan fingerprint density at radius 1 is 1.00 bits per heavy atom. The van der Waals surface area contributed by atoms with Crippen LogP contribution in [-0.4, -0.2) is 37.0 Å². The minimum absolute atomic E-state index is 0.0943. The standard InChI is InChI=1S/C25H24N2O5/c28-23(27-14-6-11-19-10-4-5-12-21(19)27)17-32-25(30)20(16-18-8-2-1-3-9-18)26-24(29)22-13-7-15-31-22/h1-5,7-10,12-13,15,20H,6,11,14,16-17H2,(H,26,29). The number of esters is 1. The normalized spacial score (nSPS) is 13.7. The Labute approximate surface area is 186 Å². The summed E-state index contributed by atoms with van der Waals surface area (Å²) in [6.07, 6.45) is 3.38. The zero-order valence-electron chi connectivity index (χ0n) is 17.5. The molecule has 1 aromatic heterocycles. The van der Waals surface area contributed by atoms with Crippen LogP contribution in [0.25, 0.3) is 0 Å². The first-order chi connectivity index (χ1) is 15.6. The lowest BCUT2D eigenvalue weighted by atomic mass is 10.0. The molecule has 1 aliphatic rings. The molecule has 7 nitrogen and oxygen atoms in total. The lowest BCUT2D eigenvalue weighted by Crippen LogP contribution is -2.45. The summed E-state index contributed by atoms with van der Waals surface area (Å²) < 4.78 is 10.5. The molecular formula is C25H24N2O5. The van der Waals surface area contributed by atoms with Gasteiger partial charge in [-0.3, -0.25) is 9.59 Å². The van der Waals surface area contributed by atoms with Crippen LogP contribution in [0.4, 0.5) is 5.69 Å². The SMILES string of the molecule is O=C(NC(Cc1ccccc1)C(=O)OCC(=O)N1CCCc2ccccc21)c1ccco1. The van der Waals surface area contributed by atoms with Crippen molar-refractivity contribution in [1.82, 2.24) is 5.32 Å². The number of carbonyl (C=O) groups is 3. The lowest BCUT2D eigenvalue weighted by molar-refractivity contribution is -0.149. The van der Waals surface area contributed by atoms with Crippen LogP contribution >= 0.6 is 0 Å². The van der Waals surface area contributed by atoms with Gasteiger partial charge in [0.1, 0.15) is 6.04 Å². The van der Waals surface area contributed by atoms with E-state index in [2.05, 4.69) is 5.32 Å². The van der Waals surface area contributed by atoms with Gasteiger partial charge in [-0.25, -0.2) is 4.79 Å². The van der Waals surface area contributed by atoms with Crippen molar-refractivity contribution < 1.29 is 23.5 Å². The Kier molecular flexibility index (Phi) is 6.65. The van der Waals surface area contributed by atoms with Crippen molar-refractivity contribution in [2.24, 2.45) is 0 Å². The van der Waals surface area contributed by atoms with Crippen LogP contribution in [0.15, 0.2) is 77.4 Å². The first-order valence-electron chi connectivity index (χ1n) is 10.5. The highest BCUT2D eigenvalue weighted by Gasteiger charge is 2.27. The number of amides is 2. The minimum Gasteiger partial charge on any atom is -0.459 e. The van der Waals surface area contributed by atoms with E-state index in [1.54, 1.807) is 11.0 Å². The average Bonchev–Trinajstić information content (AvgIpc) is 3.37. The summed E-state index contributed by atoms with van der Waals surface area (Å²) >= 11 is 0. The lowest BCUT2D eigenvalue weighted by Gasteiger charge is -2.29. The molecule has 0 fully saturated rings. The highest BCUT2D eigenvalue weighted by molar-refractivity contribution is 5.97. The molecule has 32 heavy (non-hydrogen) atoms. The summed E-state index contributed by atoms with van der Waals surface area (Å²) in [5, 5.41) is 2.65. The summed E-state index contributed by atoms with van der Waals surface area (Å²) in [5.74, 6) is -1.39. The van der Waals surface area contributed by atoms with Gasteiger partial charge in [-0.05, 0) is 42.2 Å². The molecule has 1 atom stereocenters. The van der Waals surface area contributed by atoms with Crippen molar-refractivity contribution in [1.29, 1.82) is 0 Å². The van der Waals surface area contributed by atoms with Crippen molar-refractivity contribution in [3.8, 4) is 0 Å². The van der Waals surface area contributed by atoms with Crippen LogP contribution in [0.2, 0.25) is 0 Å². The summed E-state index contributed by atoms with van der Waals surface area (Å²) in [6.45, 7) is 0.186. The number of furan rings is 1. The molecule has 1 aliphatic heterocycles. The second kappa shape index (κ2) is 9.96. The Balaban J connectivity index is 1.42. The zero-order valence-corrected chi connectivity index (χ0v) is 17.5. The number of benzene rings is 2. The molecule has 3 aromatic rings. The quantitative estimate of drug-likeness (QED) is 0.580. The first-order valence-corrected chi connectivity index (χ1v) is 10.5. The van der Waals surface area contributed by atoms with Crippen LogP contribution in [0.5, 0.6) is 0 Å². The number of hydrogen-bond donors (Lipinski definition) is 1. The van der Waals surface area contributed by atoms with E-state index in [-0.39, 0.29) is 18.1 Å². The Morgan fingerprint density at radius 3 is 2.56 bits per heavy atom. The van der Waals surface area contributed by atoms with Gasteiger partial charge in [0.15, 0.2) is 12.4 Å². The second-order valence-corrected chi connectivity index (χ2v) is 7.58. The molecule has 0 bridgehead atoms. The van der Waals surface area contributed by atoms with Crippen LogP contribution in [-0.2, 0) is 27.2 Å². The fourth-order valence-electron chi connectivity index (χ4n) is 3.78. The molecule has 164 valence electrons. The van der Waals surface area contributed by atoms with E-state index in [1.165, 1.54) is 12.3 Å². The van der Waals surface area contributed by atoms with Crippen molar-refractivity contribution >= 4 is 23.5 Å². The summed E-state index contributed by atoms with van der Waals surface area (Å²) in [5.41, 5.74) is 2.81. The fourth-order valence-corrected chi connectivity index (χ4v) is 3.78. The number of nitrogens with zero attached hydrogens (tertiary/aromatic N) is 1. The van der Waals surface area contributed by atoms with E-state index in [0.29, 0.717) is 6.54 Å². The first kappa shape index (κ1) is 21.4. The van der Waals surface area contributed by atoms with E-state index in [0.717, 1.165) is 29.7 Å². The topological polar surface area (TPSA) is 88.8 Å². The molecule has 0 spiro atoms. The van der Waals surface area contributed by atoms with Gasteiger partial charge in [0.2, 0.25) is 0 Å². The molecule has 0 saturated carbocycles. The Bertz CT molecular complexity index is 1080. The molecule has 1 unspecified atom stereocenters. The maximum absolute atomic E-state index is 12.8. The van der Waals surface area contributed by atoms with Gasteiger partial charge in [0.05, 0.1) is 6.26 Å². The molecule has 0 radical (unpaired) electrons. The van der Waals surface area contributed by atoms with Crippen molar-refractivity contribution in [2.45, 2.75) is 25.3 Å². The highest BCUT2D eigenvalue weighted by Crippen LogP contribution is 2.26. The van der Waals surface area contributed by atoms with Crippen molar-refractivity contribution in [2.75, 3.05) is 18.1 Å². The van der Waals surface area contributed by atoms with Gasteiger partial charge in [-0.15, -0.1) is 0 Å². The van der Waals surface area contributed by atoms with Gasteiger partial charge < -0.3 is 19.4 Å². The van der Waals surface area contributed by atoms with E-state index in [1.807, 2.05) is 54.6 Å². The third-order valence-corrected chi connectivity index (χ3v) is 5.37. The Hall–Kier alpha value is -3.87. The number of nitrogens with one attached hydrogen (secondary N) is 1. The van der Waals surface area contributed by atoms with Crippen LogP contribution in [0.1, 0.15) is 28.1 Å². The maximum atomic E-state index is 12.8.